The Morgan fingerprint density at radius 1 is 1.41 bits per heavy atom. The van der Waals surface area contributed by atoms with Gasteiger partial charge >= 0.3 is 0 Å². The number of imidazole rings is 1. The Balaban J connectivity index is 1.76. The van der Waals surface area contributed by atoms with Crippen LogP contribution in [0, 0.1) is 5.92 Å². The van der Waals surface area contributed by atoms with Crippen molar-refractivity contribution in [2.75, 3.05) is 32.5 Å². The molecule has 118 valence electrons. The number of benzene rings is 1. The van der Waals surface area contributed by atoms with Crippen LogP contribution in [0.1, 0.15) is 18.9 Å². The summed E-state index contributed by atoms with van der Waals surface area (Å²) in [6, 6.07) is 4.18. The fourth-order valence-corrected chi connectivity index (χ4v) is 3.69. The molecule has 1 N–H and O–H groups in total. The smallest absolute Gasteiger partial charge is 0.203 e. The van der Waals surface area contributed by atoms with Crippen LogP contribution in [0.4, 0.5) is 5.95 Å². The molecule has 0 bridgehead atoms. The molecule has 2 aromatic rings. The van der Waals surface area contributed by atoms with E-state index in [2.05, 4.69) is 47.9 Å². The molecule has 0 saturated heterocycles. The zero-order valence-corrected chi connectivity index (χ0v) is 13.6. The van der Waals surface area contributed by atoms with Gasteiger partial charge in [0.25, 0.3) is 0 Å². The Morgan fingerprint density at radius 3 is 3.05 bits per heavy atom. The molecule has 1 aromatic heterocycles. The Kier molecular flexibility index (Phi) is 3.26. The third-order valence-electron chi connectivity index (χ3n) is 4.83. The van der Waals surface area contributed by atoms with E-state index in [1.165, 1.54) is 17.5 Å². The topological polar surface area (TPSA) is 42.3 Å². The van der Waals surface area contributed by atoms with Crippen molar-refractivity contribution in [3.05, 3.63) is 17.7 Å². The molecular formula is C17H24N4O. The summed E-state index contributed by atoms with van der Waals surface area (Å²) in [4.78, 5) is 6.96. The highest BCUT2D eigenvalue weighted by Gasteiger charge is 2.29. The average Bonchev–Trinajstić information content (AvgIpc) is 3.05. The van der Waals surface area contributed by atoms with Gasteiger partial charge in [0, 0.05) is 31.6 Å². The van der Waals surface area contributed by atoms with Crippen LogP contribution >= 0.6 is 0 Å². The number of hydrogen-bond donors (Lipinski definition) is 1. The molecule has 1 aromatic carbocycles. The first-order valence-electron chi connectivity index (χ1n) is 8.23. The summed E-state index contributed by atoms with van der Waals surface area (Å²) >= 11 is 0. The summed E-state index contributed by atoms with van der Waals surface area (Å²) in [6.45, 7) is 5.30. The number of nitrogens with one attached hydrogen (secondary N) is 1. The van der Waals surface area contributed by atoms with E-state index in [1.54, 1.807) is 0 Å². The van der Waals surface area contributed by atoms with Gasteiger partial charge in [0.05, 0.1) is 11.0 Å². The van der Waals surface area contributed by atoms with Crippen LogP contribution in [0.5, 0.6) is 5.75 Å². The normalized spacial score (nSPS) is 23.3. The molecule has 5 heteroatoms. The molecule has 0 amide bonds. The number of hydrogen-bond acceptors (Lipinski definition) is 4. The molecule has 0 saturated carbocycles. The number of anilines is 1. The van der Waals surface area contributed by atoms with E-state index >= 15 is 0 Å². The Labute approximate surface area is 131 Å². The van der Waals surface area contributed by atoms with Gasteiger partial charge in [-0.1, -0.05) is 6.92 Å². The van der Waals surface area contributed by atoms with Gasteiger partial charge in [0.15, 0.2) is 0 Å². The van der Waals surface area contributed by atoms with E-state index in [1.807, 2.05) is 0 Å². The highest BCUT2D eigenvalue weighted by molar-refractivity contribution is 5.85. The van der Waals surface area contributed by atoms with E-state index in [0.717, 1.165) is 43.3 Å². The predicted molar refractivity (Wildman–Crippen MR) is 88.7 cm³/mol. The molecule has 2 aliphatic rings. The van der Waals surface area contributed by atoms with E-state index in [9.17, 15) is 0 Å². The Bertz CT molecular complexity index is 706. The summed E-state index contributed by atoms with van der Waals surface area (Å²) in [5.74, 6) is 2.74. The standard InChI is InChI=1S/C17H24N4O/c1-4-11-8-18-17-19-14-5-6-15-13(16(14)21(17)9-11)7-12(22-15)10-20(2)3/h5-6,11-12H,4,7-10H2,1-3H3,(H,18,19). The van der Waals surface area contributed by atoms with Gasteiger partial charge < -0.3 is 19.5 Å². The number of ether oxygens (including phenoxy) is 1. The fraction of sp³-hybridized carbons (Fsp3) is 0.588. The highest BCUT2D eigenvalue weighted by Crippen LogP contribution is 2.37. The van der Waals surface area contributed by atoms with E-state index < -0.39 is 0 Å². The number of rotatable bonds is 3. The van der Waals surface area contributed by atoms with Gasteiger partial charge in [0.2, 0.25) is 5.95 Å². The van der Waals surface area contributed by atoms with Crippen LogP contribution in [0.2, 0.25) is 0 Å². The second kappa shape index (κ2) is 5.16. The minimum Gasteiger partial charge on any atom is -0.488 e. The average molecular weight is 300 g/mol. The summed E-state index contributed by atoms with van der Waals surface area (Å²) < 4.78 is 8.50. The maximum absolute atomic E-state index is 6.14. The van der Waals surface area contributed by atoms with Crippen LogP contribution in [0.3, 0.4) is 0 Å². The largest absolute Gasteiger partial charge is 0.488 e. The second-order valence-electron chi connectivity index (χ2n) is 6.82. The summed E-state index contributed by atoms with van der Waals surface area (Å²) in [7, 11) is 4.19. The number of likely N-dealkylation sites (N-methyl/N-ethyl adjacent to an activating group) is 1. The van der Waals surface area contributed by atoms with Gasteiger partial charge in [-0.3, -0.25) is 0 Å². The third kappa shape index (κ3) is 2.15. The van der Waals surface area contributed by atoms with Crippen LogP contribution in [0.25, 0.3) is 11.0 Å². The molecule has 2 unspecified atom stereocenters. The molecule has 0 fully saturated rings. The molecule has 22 heavy (non-hydrogen) atoms. The van der Waals surface area contributed by atoms with Crippen molar-refractivity contribution in [3.8, 4) is 5.75 Å². The van der Waals surface area contributed by atoms with Crippen molar-refractivity contribution in [1.29, 1.82) is 0 Å². The molecule has 0 radical (unpaired) electrons. The first-order chi connectivity index (χ1) is 10.7. The molecular weight excluding hydrogens is 276 g/mol. The number of nitrogens with zero attached hydrogens (tertiary/aromatic N) is 3. The van der Waals surface area contributed by atoms with Gasteiger partial charge in [0.1, 0.15) is 11.9 Å². The molecule has 0 spiro atoms. The molecule has 2 aliphatic heterocycles. The van der Waals surface area contributed by atoms with Gasteiger partial charge in [-0.05, 0) is 38.6 Å². The molecule has 4 rings (SSSR count). The Hall–Kier alpha value is -1.75. The summed E-state index contributed by atoms with van der Waals surface area (Å²) in [6.07, 6.45) is 2.42. The lowest BCUT2D eigenvalue weighted by atomic mass is 10.0. The predicted octanol–water partition coefficient (Wildman–Crippen LogP) is 2.35. The Morgan fingerprint density at radius 2 is 2.27 bits per heavy atom. The van der Waals surface area contributed by atoms with Crippen molar-refractivity contribution in [2.45, 2.75) is 32.4 Å². The molecule has 3 heterocycles. The van der Waals surface area contributed by atoms with Crippen LogP contribution in [-0.2, 0) is 13.0 Å². The van der Waals surface area contributed by atoms with Gasteiger partial charge in [-0.25, -0.2) is 4.98 Å². The van der Waals surface area contributed by atoms with Gasteiger partial charge in [-0.2, -0.15) is 0 Å². The van der Waals surface area contributed by atoms with Crippen LogP contribution in [-0.4, -0.2) is 47.7 Å². The monoisotopic (exact) mass is 300 g/mol. The summed E-state index contributed by atoms with van der Waals surface area (Å²) in [5, 5.41) is 3.49. The van der Waals surface area contributed by atoms with Crippen molar-refractivity contribution in [2.24, 2.45) is 5.92 Å². The highest BCUT2D eigenvalue weighted by atomic mass is 16.5. The lowest BCUT2D eigenvalue weighted by Crippen LogP contribution is -2.29. The quantitative estimate of drug-likeness (QED) is 0.945. The van der Waals surface area contributed by atoms with Crippen LogP contribution in [0.15, 0.2) is 12.1 Å². The van der Waals surface area contributed by atoms with Crippen LogP contribution < -0.4 is 10.1 Å². The second-order valence-corrected chi connectivity index (χ2v) is 6.82. The first kappa shape index (κ1) is 13.9. The molecule has 0 aliphatic carbocycles. The zero-order valence-electron chi connectivity index (χ0n) is 13.6. The number of fused-ring (bicyclic) bond motifs is 5. The maximum Gasteiger partial charge on any atom is 0.203 e. The first-order valence-corrected chi connectivity index (χ1v) is 8.23. The molecule has 2 atom stereocenters. The minimum absolute atomic E-state index is 0.250. The SMILES string of the molecule is CCC1CNc2nc3ccc4c(c3n2C1)CC(CN(C)C)O4. The van der Waals surface area contributed by atoms with E-state index in [0.29, 0.717) is 5.92 Å². The van der Waals surface area contributed by atoms with Crippen molar-refractivity contribution < 1.29 is 4.74 Å². The lowest BCUT2D eigenvalue weighted by molar-refractivity contribution is 0.184. The lowest BCUT2D eigenvalue weighted by Gasteiger charge is -2.24. The van der Waals surface area contributed by atoms with Crippen molar-refractivity contribution >= 4 is 17.0 Å². The van der Waals surface area contributed by atoms with E-state index in [4.69, 9.17) is 9.72 Å². The fourth-order valence-electron chi connectivity index (χ4n) is 3.69. The third-order valence-corrected chi connectivity index (χ3v) is 4.83. The zero-order chi connectivity index (χ0) is 15.3. The minimum atomic E-state index is 0.250. The van der Waals surface area contributed by atoms with Crippen molar-refractivity contribution in [1.82, 2.24) is 14.5 Å². The number of aromatic nitrogens is 2. The van der Waals surface area contributed by atoms with Gasteiger partial charge in [-0.15, -0.1) is 0 Å². The molecule has 5 nitrogen and oxygen atoms in total. The van der Waals surface area contributed by atoms with Crippen molar-refractivity contribution in [3.63, 3.8) is 0 Å². The van der Waals surface area contributed by atoms with E-state index in [-0.39, 0.29) is 6.10 Å². The maximum atomic E-state index is 6.14. The summed E-state index contributed by atoms with van der Waals surface area (Å²) in [5.41, 5.74) is 3.70.